The lowest BCUT2D eigenvalue weighted by Crippen LogP contribution is -2.14. The van der Waals surface area contributed by atoms with Gasteiger partial charge in [-0.3, -0.25) is 0 Å². The molecule has 4 heteroatoms. The highest BCUT2D eigenvalue weighted by atomic mass is 16.4. The maximum absolute atomic E-state index is 10.9. The molecule has 0 saturated heterocycles. The molecule has 1 aromatic heterocycles. The number of carbonyl (C=O) groups is 1. The summed E-state index contributed by atoms with van der Waals surface area (Å²) in [5.74, 6) is -0.245. The number of aryl methyl sites for hydroxylation is 1. The number of carboxylic acids is 1. The van der Waals surface area contributed by atoms with Crippen molar-refractivity contribution >= 4 is 5.97 Å². The molecule has 0 unspecified atom stereocenters. The van der Waals surface area contributed by atoms with Crippen LogP contribution in [0.1, 0.15) is 80.2 Å². The van der Waals surface area contributed by atoms with Crippen LogP contribution in [0, 0.1) is 6.92 Å². The van der Waals surface area contributed by atoms with Crippen LogP contribution in [0.2, 0.25) is 0 Å². The van der Waals surface area contributed by atoms with Gasteiger partial charge in [-0.2, -0.15) is 0 Å². The Morgan fingerprint density at radius 2 is 1.76 bits per heavy atom. The maximum Gasteiger partial charge on any atom is 0.372 e. The molecule has 4 nitrogen and oxygen atoms in total. The summed E-state index contributed by atoms with van der Waals surface area (Å²) < 4.78 is 5.30. The van der Waals surface area contributed by atoms with Gasteiger partial charge in [-0.15, -0.1) is 0 Å². The third kappa shape index (κ3) is 7.32. The highest BCUT2D eigenvalue weighted by Gasteiger charge is 2.13. The second-order valence-electron chi connectivity index (χ2n) is 5.68. The summed E-state index contributed by atoms with van der Waals surface area (Å²) in [6.45, 7) is 5.56. The Kier molecular flexibility index (Phi) is 8.83. The normalized spacial score (nSPS) is 11.0. The van der Waals surface area contributed by atoms with Gasteiger partial charge in [0.15, 0.2) is 0 Å². The molecule has 21 heavy (non-hydrogen) atoms. The fraction of sp³-hybridized carbons (Fsp3) is 0.706. The molecule has 0 saturated carbocycles. The van der Waals surface area contributed by atoms with Crippen LogP contribution < -0.4 is 5.32 Å². The minimum atomic E-state index is -0.998. The van der Waals surface area contributed by atoms with Crippen LogP contribution in [-0.2, 0) is 6.54 Å². The summed E-state index contributed by atoms with van der Waals surface area (Å²) in [5.41, 5.74) is 0.686. The van der Waals surface area contributed by atoms with Gasteiger partial charge in [-0.25, -0.2) is 4.79 Å². The average Bonchev–Trinajstić information content (AvgIpc) is 2.82. The second kappa shape index (κ2) is 10.4. The van der Waals surface area contributed by atoms with E-state index in [4.69, 9.17) is 9.52 Å². The highest BCUT2D eigenvalue weighted by molar-refractivity contribution is 5.86. The van der Waals surface area contributed by atoms with Crippen LogP contribution in [0.25, 0.3) is 0 Å². The molecule has 0 radical (unpaired) electrons. The van der Waals surface area contributed by atoms with Gasteiger partial charge in [0.05, 0.1) is 6.54 Å². The third-order valence-electron chi connectivity index (χ3n) is 3.67. The van der Waals surface area contributed by atoms with Crippen LogP contribution in [0.4, 0.5) is 0 Å². The van der Waals surface area contributed by atoms with Crippen molar-refractivity contribution in [2.45, 2.75) is 71.8 Å². The first-order chi connectivity index (χ1) is 10.1. The van der Waals surface area contributed by atoms with E-state index in [1.54, 1.807) is 13.0 Å². The molecule has 0 aliphatic carbocycles. The zero-order chi connectivity index (χ0) is 15.5. The lowest BCUT2D eigenvalue weighted by Gasteiger charge is -2.03. The first kappa shape index (κ1) is 17.8. The van der Waals surface area contributed by atoms with Crippen LogP contribution in [-0.4, -0.2) is 17.6 Å². The fourth-order valence-electron chi connectivity index (χ4n) is 2.44. The van der Waals surface area contributed by atoms with Gasteiger partial charge < -0.3 is 14.8 Å². The molecule has 0 aliphatic rings. The van der Waals surface area contributed by atoms with Gasteiger partial charge in [0, 0.05) is 5.56 Å². The number of aromatic carboxylic acids is 1. The first-order valence-electron chi connectivity index (χ1n) is 8.18. The summed E-state index contributed by atoms with van der Waals surface area (Å²) >= 11 is 0. The van der Waals surface area contributed by atoms with E-state index in [1.165, 1.54) is 51.4 Å². The average molecular weight is 295 g/mol. The van der Waals surface area contributed by atoms with E-state index in [9.17, 15) is 4.79 Å². The summed E-state index contributed by atoms with van der Waals surface area (Å²) in [6, 6.07) is 1.80. The van der Waals surface area contributed by atoms with Gasteiger partial charge in [0.2, 0.25) is 5.76 Å². The van der Waals surface area contributed by atoms with E-state index >= 15 is 0 Å². The minimum absolute atomic E-state index is 0.0545. The van der Waals surface area contributed by atoms with E-state index in [-0.39, 0.29) is 5.76 Å². The van der Waals surface area contributed by atoms with E-state index in [2.05, 4.69) is 12.2 Å². The van der Waals surface area contributed by atoms with E-state index in [1.807, 2.05) is 0 Å². The lowest BCUT2D eigenvalue weighted by atomic mass is 10.1. The molecular weight excluding hydrogens is 266 g/mol. The number of carboxylic acid groups (broad SMARTS) is 1. The standard InChI is InChI=1S/C17H29NO3/c1-3-4-5-6-7-8-9-10-11-18-13-15-12-14(2)16(21-15)17(19)20/h12,18H,3-11,13H2,1-2H3,(H,19,20). The van der Waals surface area contributed by atoms with Gasteiger partial charge >= 0.3 is 5.97 Å². The first-order valence-corrected chi connectivity index (χ1v) is 8.18. The van der Waals surface area contributed by atoms with Crippen LogP contribution in [0.5, 0.6) is 0 Å². The molecule has 0 aliphatic heterocycles. The number of rotatable bonds is 12. The van der Waals surface area contributed by atoms with E-state index in [0.717, 1.165) is 6.54 Å². The minimum Gasteiger partial charge on any atom is -0.475 e. The summed E-state index contributed by atoms with van der Waals surface area (Å²) in [6.07, 6.45) is 10.5. The monoisotopic (exact) mass is 295 g/mol. The van der Waals surface area contributed by atoms with Crippen molar-refractivity contribution in [1.82, 2.24) is 5.32 Å². The molecule has 0 fully saturated rings. The van der Waals surface area contributed by atoms with Gasteiger partial charge in [0.1, 0.15) is 5.76 Å². The highest BCUT2D eigenvalue weighted by Crippen LogP contribution is 2.14. The van der Waals surface area contributed by atoms with Crippen molar-refractivity contribution in [3.8, 4) is 0 Å². The van der Waals surface area contributed by atoms with Crippen LogP contribution in [0.3, 0.4) is 0 Å². The van der Waals surface area contributed by atoms with Crippen molar-refractivity contribution in [3.63, 3.8) is 0 Å². The number of unbranched alkanes of at least 4 members (excludes halogenated alkanes) is 7. The Hall–Kier alpha value is -1.29. The van der Waals surface area contributed by atoms with Gasteiger partial charge in [-0.1, -0.05) is 51.9 Å². The van der Waals surface area contributed by atoms with Crippen LogP contribution >= 0.6 is 0 Å². The molecule has 0 aromatic carbocycles. The fourth-order valence-corrected chi connectivity index (χ4v) is 2.44. The van der Waals surface area contributed by atoms with Crippen molar-refractivity contribution < 1.29 is 14.3 Å². The lowest BCUT2D eigenvalue weighted by molar-refractivity contribution is 0.0659. The van der Waals surface area contributed by atoms with Gasteiger partial charge in [-0.05, 0) is 26.0 Å². The molecule has 0 amide bonds. The molecule has 1 heterocycles. The summed E-state index contributed by atoms with van der Waals surface area (Å²) in [4.78, 5) is 10.9. The maximum atomic E-state index is 10.9. The Morgan fingerprint density at radius 3 is 2.33 bits per heavy atom. The van der Waals surface area contributed by atoms with Crippen molar-refractivity contribution in [1.29, 1.82) is 0 Å². The van der Waals surface area contributed by atoms with Crippen molar-refractivity contribution in [2.75, 3.05) is 6.54 Å². The summed E-state index contributed by atoms with van der Waals surface area (Å²) in [7, 11) is 0. The number of hydrogen-bond donors (Lipinski definition) is 2. The van der Waals surface area contributed by atoms with E-state index < -0.39 is 5.97 Å². The molecule has 1 rings (SSSR count). The zero-order valence-electron chi connectivity index (χ0n) is 13.4. The molecule has 1 aromatic rings. The van der Waals surface area contributed by atoms with E-state index in [0.29, 0.717) is 17.9 Å². The topological polar surface area (TPSA) is 62.5 Å². The molecule has 0 bridgehead atoms. The van der Waals surface area contributed by atoms with Crippen molar-refractivity contribution in [3.05, 3.63) is 23.2 Å². The smallest absolute Gasteiger partial charge is 0.372 e. The molecular formula is C17H29NO3. The number of furan rings is 1. The third-order valence-corrected chi connectivity index (χ3v) is 3.67. The Morgan fingerprint density at radius 1 is 1.14 bits per heavy atom. The Bertz CT molecular complexity index is 412. The second-order valence-corrected chi connectivity index (χ2v) is 5.68. The molecule has 2 N–H and O–H groups in total. The molecule has 120 valence electrons. The predicted octanol–water partition coefficient (Wildman–Crippen LogP) is 4.52. The number of nitrogens with one attached hydrogen (secondary N) is 1. The Labute approximate surface area is 127 Å². The zero-order valence-corrected chi connectivity index (χ0v) is 13.4. The Balaban J connectivity index is 2.02. The van der Waals surface area contributed by atoms with Crippen LogP contribution in [0.15, 0.2) is 10.5 Å². The SMILES string of the molecule is CCCCCCCCCCNCc1cc(C)c(C(=O)O)o1. The van der Waals surface area contributed by atoms with Gasteiger partial charge in [0.25, 0.3) is 0 Å². The predicted molar refractivity (Wildman–Crippen MR) is 84.7 cm³/mol. The van der Waals surface area contributed by atoms with Crippen molar-refractivity contribution in [2.24, 2.45) is 0 Å². The summed E-state index contributed by atoms with van der Waals surface area (Å²) in [5, 5.41) is 12.2. The largest absolute Gasteiger partial charge is 0.475 e. The molecule has 0 atom stereocenters. The quantitative estimate of drug-likeness (QED) is 0.557. The number of hydrogen-bond acceptors (Lipinski definition) is 3. The molecule has 0 spiro atoms.